The summed E-state index contributed by atoms with van der Waals surface area (Å²) < 4.78 is 5.57. The third-order valence-electron chi connectivity index (χ3n) is 7.54. The molecule has 0 spiro atoms. The van der Waals surface area contributed by atoms with E-state index in [0.717, 1.165) is 69.3 Å². The molecule has 1 rings (SSSR count). The van der Waals surface area contributed by atoms with Crippen LogP contribution in [-0.4, -0.2) is 49.7 Å². The summed E-state index contributed by atoms with van der Waals surface area (Å²) in [6.07, 6.45) is 7.51. The molecule has 5 nitrogen and oxygen atoms in total. The third-order valence-corrected chi connectivity index (χ3v) is 7.54. The maximum absolute atomic E-state index is 13.6. The van der Waals surface area contributed by atoms with Gasteiger partial charge >= 0.3 is 0 Å². The molecule has 4 atom stereocenters. The monoisotopic (exact) mass is 499 g/mol. The molecular weight excluding hydrogens is 446 g/mol. The highest BCUT2D eigenvalue weighted by Gasteiger charge is 2.31. The normalized spacial score (nSPS) is 14.5. The average molecular weight is 500 g/mol. The summed E-state index contributed by atoms with van der Waals surface area (Å²) in [7, 11) is 1.63. The molecule has 1 aromatic carbocycles. The Morgan fingerprint density at radius 1 is 1.08 bits per heavy atom. The SMILES string of the molecule is C=C(CC)NCCCC[C@@H](c1ccccc1)[C@@H](C)[C@H](C)N(CCCCC)C(=O)CC(OC)C(=C)CN. The molecule has 0 bridgehead atoms. The topological polar surface area (TPSA) is 67.6 Å². The highest BCUT2D eigenvalue weighted by Crippen LogP contribution is 2.34. The van der Waals surface area contributed by atoms with E-state index in [1.54, 1.807) is 7.11 Å². The summed E-state index contributed by atoms with van der Waals surface area (Å²) in [5.74, 6) is 0.825. The van der Waals surface area contributed by atoms with E-state index >= 15 is 0 Å². The van der Waals surface area contributed by atoms with Gasteiger partial charge in [-0.15, -0.1) is 0 Å². The summed E-state index contributed by atoms with van der Waals surface area (Å²) in [6.45, 7) is 19.0. The van der Waals surface area contributed by atoms with Gasteiger partial charge in [0.15, 0.2) is 0 Å². The number of hydrogen-bond acceptors (Lipinski definition) is 4. The molecule has 0 radical (unpaired) electrons. The Kier molecular flexibility index (Phi) is 16.1. The van der Waals surface area contributed by atoms with Crippen LogP contribution in [-0.2, 0) is 9.53 Å². The van der Waals surface area contributed by atoms with E-state index in [9.17, 15) is 4.79 Å². The molecule has 204 valence electrons. The number of rotatable bonds is 20. The van der Waals surface area contributed by atoms with Crippen molar-refractivity contribution < 1.29 is 9.53 Å². The zero-order valence-electron chi connectivity index (χ0n) is 23.7. The van der Waals surface area contributed by atoms with E-state index in [-0.39, 0.29) is 18.1 Å². The summed E-state index contributed by atoms with van der Waals surface area (Å²) in [4.78, 5) is 15.7. The van der Waals surface area contributed by atoms with Gasteiger partial charge in [-0.1, -0.05) is 83.5 Å². The average Bonchev–Trinajstić information content (AvgIpc) is 2.90. The lowest BCUT2D eigenvalue weighted by atomic mass is 9.79. The third kappa shape index (κ3) is 10.9. The van der Waals surface area contributed by atoms with E-state index in [1.165, 1.54) is 5.56 Å². The van der Waals surface area contributed by atoms with Crippen LogP contribution in [0.3, 0.4) is 0 Å². The number of amides is 1. The fourth-order valence-corrected chi connectivity index (χ4v) is 4.82. The Hall–Kier alpha value is -2.11. The van der Waals surface area contributed by atoms with Gasteiger partial charge in [0.1, 0.15) is 0 Å². The van der Waals surface area contributed by atoms with Crippen molar-refractivity contribution in [3.8, 4) is 0 Å². The Morgan fingerprint density at radius 2 is 1.78 bits per heavy atom. The first-order valence-electron chi connectivity index (χ1n) is 14.0. The zero-order valence-corrected chi connectivity index (χ0v) is 23.7. The molecule has 36 heavy (non-hydrogen) atoms. The molecule has 1 aromatic rings. The second kappa shape index (κ2) is 18.2. The second-order valence-corrected chi connectivity index (χ2v) is 10.1. The van der Waals surface area contributed by atoms with Crippen molar-refractivity contribution in [2.75, 3.05) is 26.7 Å². The number of unbranched alkanes of at least 4 members (excludes halogenated alkanes) is 3. The fraction of sp³-hybridized carbons (Fsp3) is 0.645. The van der Waals surface area contributed by atoms with Gasteiger partial charge in [-0.3, -0.25) is 4.79 Å². The molecule has 0 saturated heterocycles. The van der Waals surface area contributed by atoms with Crippen molar-refractivity contribution in [1.82, 2.24) is 10.2 Å². The minimum absolute atomic E-state index is 0.112. The van der Waals surface area contributed by atoms with Gasteiger partial charge in [0.2, 0.25) is 5.91 Å². The molecule has 1 amide bonds. The molecule has 0 aliphatic carbocycles. The van der Waals surface area contributed by atoms with Crippen molar-refractivity contribution in [3.63, 3.8) is 0 Å². The molecule has 5 heteroatoms. The Morgan fingerprint density at radius 3 is 2.36 bits per heavy atom. The van der Waals surface area contributed by atoms with Gasteiger partial charge in [-0.2, -0.15) is 0 Å². The first kappa shape index (κ1) is 31.9. The summed E-state index contributed by atoms with van der Waals surface area (Å²) in [5, 5.41) is 3.42. The predicted molar refractivity (Wildman–Crippen MR) is 154 cm³/mol. The van der Waals surface area contributed by atoms with Crippen molar-refractivity contribution in [2.45, 2.75) is 97.1 Å². The number of allylic oxidation sites excluding steroid dienone is 1. The van der Waals surface area contributed by atoms with Crippen LogP contribution in [0.15, 0.2) is 54.8 Å². The highest BCUT2D eigenvalue weighted by atomic mass is 16.5. The molecule has 0 aromatic heterocycles. The lowest BCUT2D eigenvalue weighted by Crippen LogP contribution is -2.45. The van der Waals surface area contributed by atoms with E-state index in [4.69, 9.17) is 10.5 Å². The van der Waals surface area contributed by atoms with Crippen LogP contribution in [0.2, 0.25) is 0 Å². The van der Waals surface area contributed by atoms with Crippen LogP contribution in [0.1, 0.15) is 90.5 Å². The minimum Gasteiger partial charge on any atom is -0.389 e. The van der Waals surface area contributed by atoms with E-state index in [0.29, 0.717) is 24.8 Å². The van der Waals surface area contributed by atoms with E-state index in [1.807, 2.05) is 0 Å². The van der Waals surface area contributed by atoms with Gasteiger partial charge < -0.3 is 20.7 Å². The Bertz CT molecular complexity index is 764. The van der Waals surface area contributed by atoms with Crippen LogP contribution in [0.5, 0.6) is 0 Å². The molecular formula is C31H53N3O2. The number of methoxy groups -OCH3 is 1. The smallest absolute Gasteiger partial charge is 0.225 e. The number of benzene rings is 1. The molecule has 0 fully saturated rings. The first-order chi connectivity index (χ1) is 17.3. The van der Waals surface area contributed by atoms with Crippen molar-refractivity contribution in [3.05, 3.63) is 60.3 Å². The Balaban J connectivity index is 3.03. The van der Waals surface area contributed by atoms with Gasteiger partial charge in [-0.05, 0) is 55.6 Å². The Labute approximate surface area is 221 Å². The second-order valence-electron chi connectivity index (χ2n) is 10.1. The van der Waals surface area contributed by atoms with Gasteiger partial charge in [0, 0.05) is 38.5 Å². The van der Waals surface area contributed by atoms with Crippen molar-refractivity contribution >= 4 is 5.91 Å². The molecule has 0 aliphatic heterocycles. The number of ether oxygens (including phenoxy) is 1. The van der Waals surface area contributed by atoms with Crippen LogP contribution in [0.4, 0.5) is 0 Å². The van der Waals surface area contributed by atoms with E-state index in [2.05, 4.69) is 81.4 Å². The number of carbonyl (C=O) groups excluding carboxylic acids is 1. The van der Waals surface area contributed by atoms with Crippen LogP contribution in [0.25, 0.3) is 0 Å². The minimum atomic E-state index is -0.339. The number of nitrogens with two attached hydrogens (primary N) is 1. The maximum atomic E-state index is 13.6. The number of hydrogen-bond donors (Lipinski definition) is 2. The van der Waals surface area contributed by atoms with Crippen LogP contribution in [0, 0.1) is 5.92 Å². The number of carbonyl (C=O) groups is 1. The quantitative estimate of drug-likeness (QED) is 0.160. The number of nitrogens with one attached hydrogen (secondary N) is 1. The zero-order chi connectivity index (χ0) is 26.9. The molecule has 3 N–H and O–H groups in total. The lowest BCUT2D eigenvalue weighted by molar-refractivity contribution is -0.136. The summed E-state index contributed by atoms with van der Waals surface area (Å²) >= 11 is 0. The largest absolute Gasteiger partial charge is 0.389 e. The predicted octanol–water partition coefficient (Wildman–Crippen LogP) is 6.42. The van der Waals surface area contributed by atoms with Crippen molar-refractivity contribution in [1.29, 1.82) is 0 Å². The van der Waals surface area contributed by atoms with Crippen LogP contribution < -0.4 is 11.1 Å². The first-order valence-corrected chi connectivity index (χ1v) is 14.0. The fourth-order valence-electron chi connectivity index (χ4n) is 4.82. The van der Waals surface area contributed by atoms with Gasteiger partial charge in [-0.25, -0.2) is 0 Å². The molecule has 1 unspecified atom stereocenters. The lowest BCUT2D eigenvalue weighted by Gasteiger charge is -2.38. The number of nitrogens with zero attached hydrogens (tertiary/aromatic N) is 1. The summed E-state index contributed by atoms with van der Waals surface area (Å²) in [5.41, 5.74) is 9.01. The molecule has 0 saturated carbocycles. The van der Waals surface area contributed by atoms with Gasteiger partial charge in [0.25, 0.3) is 0 Å². The van der Waals surface area contributed by atoms with Crippen molar-refractivity contribution in [2.24, 2.45) is 11.7 Å². The molecule has 0 heterocycles. The van der Waals surface area contributed by atoms with Crippen LogP contribution >= 0.6 is 0 Å². The maximum Gasteiger partial charge on any atom is 0.225 e. The van der Waals surface area contributed by atoms with Gasteiger partial charge in [0.05, 0.1) is 12.5 Å². The summed E-state index contributed by atoms with van der Waals surface area (Å²) in [6, 6.07) is 10.9. The van der Waals surface area contributed by atoms with E-state index < -0.39 is 0 Å². The molecule has 0 aliphatic rings. The highest BCUT2D eigenvalue weighted by molar-refractivity contribution is 5.77. The standard InChI is InChI=1S/C31H53N3O2/c1-8-10-16-21-34(31(35)22-30(36-7)24(3)23-32)27(6)26(5)29(28-17-12-11-13-18-28)19-14-15-20-33-25(4)9-2/h11-13,17-18,26-27,29-30,33H,3-4,8-10,14-16,19-23,32H2,1-2,5-7H3/t26-,27-,29+,30?/m0/s1.